The fourth-order valence-corrected chi connectivity index (χ4v) is 0.0248. The Morgan fingerprint density at radius 2 is 2.60 bits per heavy atom. The predicted molar refractivity (Wildman–Crippen MR) is 15.8 cm³/mol. The van der Waals surface area contributed by atoms with Crippen molar-refractivity contribution in [2.24, 2.45) is 5.34 Å². The van der Waals surface area contributed by atoms with Gasteiger partial charge in [-0.2, -0.15) is 0 Å². The molecule has 0 aliphatic carbocycles. The molecule has 0 amide bonds. The van der Waals surface area contributed by atoms with E-state index in [0.29, 0.717) is 6.26 Å². The van der Waals surface area contributed by atoms with Crippen LogP contribution in [-0.2, 0) is 4.84 Å². The topological polar surface area (TPSA) is 38.7 Å². The van der Waals surface area contributed by atoms with Crippen LogP contribution in [0.15, 0.2) is 11.6 Å². The molecular formula is C2H2NO2+. The van der Waals surface area contributed by atoms with Crippen LogP contribution in [0.2, 0.25) is 0 Å². The van der Waals surface area contributed by atoms with Gasteiger partial charge in [0.2, 0.25) is 6.58 Å². The molecular weight excluding hydrogens is 70.0 g/mol. The quantitative estimate of drug-likeness (QED) is 0.208. The summed E-state index contributed by atoms with van der Waals surface area (Å²) in [7, 11) is 0. The van der Waals surface area contributed by atoms with Crippen LogP contribution in [0.1, 0.15) is 0 Å². The third kappa shape index (κ3) is 3.05. The van der Waals surface area contributed by atoms with E-state index in [1.165, 1.54) is 0 Å². The Morgan fingerprint density at radius 1 is 2.00 bits per heavy atom. The van der Waals surface area contributed by atoms with E-state index in [1.807, 2.05) is 5.34 Å². The zero-order valence-corrected chi connectivity index (χ0v) is 2.42. The lowest BCUT2D eigenvalue weighted by Gasteiger charge is -1.58. The first-order valence-corrected chi connectivity index (χ1v) is 0.934. The molecule has 0 atom stereocenters. The van der Waals surface area contributed by atoms with E-state index in [9.17, 15) is 0 Å². The summed E-state index contributed by atoms with van der Waals surface area (Å²) < 4.78 is 0. The van der Waals surface area contributed by atoms with Crippen molar-refractivity contribution in [1.29, 1.82) is 0 Å². The number of hydrogen-bond donors (Lipinski definition) is 0. The van der Waals surface area contributed by atoms with Crippen LogP contribution in [0.4, 0.5) is 0 Å². The average Bonchev–Trinajstić information content (AvgIpc) is 1.41. The highest BCUT2D eigenvalue weighted by Crippen LogP contribution is 1.65. The fourth-order valence-electron chi connectivity index (χ4n) is 0.0248. The first-order chi connectivity index (χ1) is 2.41. The Balaban J connectivity index is 2.65. The largest absolute Gasteiger partial charge is 0.356 e. The molecule has 0 saturated carbocycles. The van der Waals surface area contributed by atoms with Crippen LogP contribution in [-0.4, -0.2) is 0 Å². The normalized spacial score (nSPS) is 5.40. The Morgan fingerprint density at radius 3 is 2.60 bits per heavy atom. The van der Waals surface area contributed by atoms with Crippen molar-refractivity contribution in [3.8, 4) is 0 Å². The molecule has 0 aliphatic rings. The van der Waals surface area contributed by atoms with Crippen molar-refractivity contribution < 1.29 is 4.84 Å². The predicted octanol–water partition coefficient (Wildman–Crippen LogP) is 0.631. The molecule has 0 aromatic heterocycles. The first-order valence-electron chi connectivity index (χ1n) is 0.934. The zero-order chi connectivity index (χ0) is 4.12. The van der Waals surface area contributed by atoms with Crippen molar-refractivity contribution >= 4 is 0 Å². The summed E-state index contributed by atoms with van der Waals surface area (Å²) in [5, 5.41) is 1.92. The third-order valence-corrected chi connectivity index (χ3v) is 0.104. The number of hydrogen-bond acceptors (Lipinski definition) is 3. The average molecular weight is 72.0 g/mol. The van der Waals surface area contributed by atoms with E-state index in [4.69, 9.17) is 4.91 Å². The summed E-state index contributed by atoms with van der Waals surface area (Å²) in [6, 6.07) is 0. The molecule has 0 unspecified atom stereocenters. The molecule has 0 N–H and O–H groups in total. The highest BCUT2D eigenvalue weighted by Gasteiger charge is 1.64. The molecule has 0 heterocycles. The van der Waals surface area contributed by atoms with Crippen LogP contribution >= 0.6 is 0 Å². The van der Waals surface area contributed by atoms with Gasteiger partial charge in [0.25, 0.3) is 0 Å². The molecule has 0 aromatic rings. The van der Waals surface area contributed by atoms with Gasteiger partial charge in [-0.15, -0.1) is 4.91 Å². The molecule has 0 saturated heterocycles. The second-order valence-electron chi connectivity index (χ2n) is 0.316. The minimum absolute atomic E-state index is 0.701. The summed E-state index contributed by atoms with van der Waals surface area (Å²) in [6.45, 7) is 4.50. The molecule has 26 valence electrons. The van der Waals surface area contributed by atoms with E-state index >= 15 is 0 Å². The molecule has 0 fully saturated rings. The van der Waals surface area contributed by atoms with Crippen molar-refractivity contribution in [1.82, 2.24) is 0 Å². The van der Waals surface area contributed by atoms with Crippen LogP contribution in [0, 0.1) is 11.5 Å². The van der Waals surface area contributed by atoms with Gasteiger partial charge in [0.15, 0.2) is 5.34 Å². The number of rotatable bonds is 2. The Labute approximate surface area is 29.2 Å². The molecule has 0 bridgehead atoms. The Hall–Kier alpha value is -0.950. The highest BCUT2D eigenvalue weighted by atomic mass is 16.7. The smallest absolute Gasteiger partial charge is 0.275 e. The SMILES string of the molecule is [CH+]=CON=O. The molecule has 5 heavy (non-hydrogen) atoms. The maximum atomic E-state index is 8.82. The maximum absolute atomic E-state index is 8.82. The monoisotopic (exact) mass is 72.0 g/mol. The molecule has 3 nitrogen and oxygen atoms in total. The molecule has 0 spiro atoms. The van der Waals surface area contributed by atoms with Gasteiger partial charge in [-0.1, -0.05) is 0 Å². The van der Waals surface area contributed by atoms with Gasteiger partial charge in [0.05, 0.1) is 0 Å². The van der Waals surface area contributed by atoms with Gasteiger partial charge < -0.3 is 0 Å². The molecule has 0 aliphatic heterocycles. The van der Waals surface area contributed by atoms with Crippen LogP contribution in [0.5, 0.6) is 0 Å². The highest BCUT2D eigenvalue weighted by molar-refractivity contribution is 4.35. The van der Waals surface area contributed by atoms with Crippen LogP contribution in [0.25, 0.3) is 0 Å². The van der Waals surface area contributed by atoms with Crippen LogP contribution < -0.4 is 0 Å². The Bertz CT molecular complexity index is 36.9. The van der Waals surface area contributed by atoms with Gasteiger partial charge in [0.1, 0.15) is 0 Å². The number of nitrogens with zero attached hydrogens (tertiary/aromatic N) is 1. The van der Waals surface area contributed by atoms with Gasteiger partial charge in [0, 0.05) is 0 Å². The molecule has 3 heteroatoms. The lowest BCUT2D eigenvalue weighted by molar-refractivity contribution is 0.262. The second-order valence-corrected chi connectivity index (χ2v) is 0.316. The van der Waals surface area contributed by atoms with Crippen molar-refractivity contribution in [2.45, 2.75) is 0 Å². The second kappa shape index (κ2) is 3.05. The van der Waals surface area contributed by atoms with Gasteiger partial charge >= 0.3 is 6.26 Å². The zero-order valence-electron chi connectivity index (χ0n) is 2.42. The van der Waals surface area contributed by atoms with E-state index in [1.54, 1.807) is 0 Å². The van der Waals surface area contributed by atoms with Gasteiger partial charge in [-0.05, 0) is 0 Å². The summed E-state index contributed by atoms with van der Waals surface area (Å²) in [5.74, 6) is 0. The van der Waals surface area contributed by atoms with E-state index in [-0.39, 0.29) is 0 Å². The van der Waals surface area contributed by atoms with Crippen molar-refractivity contribution in [3.05, 3.63) is 17.7 Å². The van der Waals surface area contributed by atoms with Gasteiger partial charge in [-0.3, -0.25) is 4.84 Å². The van der Waals surface area contributed by atoms with E-state index in [0.717, 1.165) is 0 Å². The first kappa shape index (κ1) is 4.05. The summed E-state index contributed by atoms with van der Waals surface area (Å²) >= 11 is 0. The minimum Gasteiger partial charge on any atom is -0.275 e. The summed E-state index contributed by atoms with van der Waals surface area (Å²) in [4.78, 5) is 12.4. The van der Waals surface area contributed by atoms with E-state index in [2.05, 4.69) is 11.4 Å². The van der Waals surface area contributed by atoms with Crippen LogP contribution in [0.3, 0.4) is 0 Å². The Kier molecular flexibility index (Phi) is 2.47. The lowest BCUT2D eigenvalue weighted by Crippen LogP contribution is -1.52. The lowest BCUT2D eigenvalue weighted by atomic mass is 11.2. The molecule has 0 radical (unpaired) electrons. The molecule has 0 aromatic carbocycles. The summed E-state index contributed by atoms with van der Waals surface area (Å²) in [5.41, 5.74) is 0. The minimum atomic E-state index is 0.701. The van der Waals surface area contributed by atoms with Crippen molar-refractivity contribution in [3.63, 3.8) is 0 Å². The van der Waals surface area contributed by atoms with E-state index < -0.39 is 0 Å². The van der Waals surface area contributed by atoms with Gasteiger partial charge in [-0.25, -0.2) is 0 Å². The molecule has 0 rings (SSSR count). The fraction of sp³-hybridized carbons (Fsp3) is 0. The third-order valence-electron chi connectivity index (χ3n) is 0.104. The maximum Gasteiger partial charge on any atom is 0.356 e. The van der Waals surface area contributed by atoms with Crippen molar-refractivity contribution in [2.75, 3.05) is 0 Å². The summed E-state index contributed by atoms with van der Waals surface area (Å²) in [6.07, 6.45) is 0.701. The standard InChI is InChI=1S/C2H2NO2/c1-2-5-3-4/h1-2H/q+1.